The van der Waals surface area contributed by atoms with Crippen LogP contribution < -0.4 is 4.74 Å². The zero-order valence-corrected chi connectivity index (χ0v) is 12.5. The number of hydrogen-bond donors (Lipinski definition) is 0. The minimum atomic E-state index is 0.628. The number of likely N-dealkylation sites (N-methyl/N-ethyl adjacent to an activating group) is 1. The molecule has 3 nitrogen and oxygen atoms in total. The van der Waals surface area contributed by atoms with Crippen molar-refractivity contribution in [1.29, 1.82) is 0 Å². The summed E-state index contributed by atoms with van der Waals surface area (Å²) in [6, 6.07) is 11.9. The van der Waals surface area contributed by atoms with Crippen LogP contribution in [0.1, 0.15) is 24.8 Å². The van der Waals surface area contributed by atoms with E-state index in [0.717, 1.165) is 11.6 Å². The molecule has 0 amide bonds. The maximum atomic E-state index is 5.19. The lowest BCUT2D eigenvalue weighted by atomic mass is 9.94. The van der Waals surface area contributed by atoms with Crippen LogP contribution in [0.2, 0.25) is 0 Å². The number of fused-ring (bicyclic) bond motifs is 3. The lowest BCUT2D eigenvalue weighted by Gasteiger charge is -2.30. The average Bonchev–Trinajstić information content (AvgIpc) is 2.75. The van der Waals surface area contributed by atoms with Crippen molar-refractivity contribution in [1.82, 2.24) is 9.88 Å². The highest BCUT2D eigenvalue weighted by atomic mass is 16.5. The fourth-order valence-corrected chi connectivity index (χ4v) is 3.68. The number of nitrogens with zero attached hydrogens (tertiary/aromatic N) is 2. The lowest BCUT2D eigenvalue weighted by molar-refractivity contribution is 0.264. The van der Waals surface area contributed by atoms with Crippen LogP contribution in [0, 0.1) is 0 Å². The second kappa shape index (κ2) is 4.85. The van der Waals surface area contributed by atoms with Crippen LogP contribution in [0.25, 0.3) is 16.5 Å². The van der Waals surface area contributed by atoms with E-state index in [1.54, 1.807) is 7.11 Å². The zero-order chi connectivity index (χ0) is 14.4. The van der Waals surface area contributed by atoms with Gasteiger partial charge in [-0.3, -0.25) is 4.90 Å². The first-order valence-corrected chi connectivity index (χ1v) is 7.62. The summed E-state index contributed by atoms with van der Waals surface area (Å²) in [6.45, 7) is 0. The molecule has 0 N–H and O–H groups in total. The molecule has 1 aromatic heterocycles. The fraction of sp³-hybridized carbons (Fsp3) is 0.389. The predicted molar refractivity (Wildman–Crippen MR) is 85.5 cm³/mol. The molecule has 2 atom stereocenters. The molecule has 2 aliphatic heterocycles. The molecule has 1 saturated heterocycles. The number of rotatable bonds is 2. The second-order valence-corrected chi connectivity index (χ2v) is 6.12. The Morgan fingerprint density at radius 3 is 2.90 bits per heavy atom. The summed E-state index contributed by atoms with van der Waals surface area (Å²) in [5.74, 6) is 0.673. The van der Waals surface area contributed by atoms with Gasteiger partial charge in [0, 0.05) is 23.5 Å². The van der Waals surface area contributed by atoms with Gasteiger partial charge < -0.3 is 4.74 Å². The number of hydrogen-bond acceptors (Lipinski definition) is 3. The maximum absolute atomic E-state index is 5.19. The number of ether oxygens (including phenoxy) is 1. The Morgan fingerprint density at radius 1 is 1.19 bits per heavy atom. The van der Waals surface area contributed by atoms with Gasteiger partial charge in [-0.2, -0.15) is 0 Å². The summed E-state index contributed by atoms with van der Waals surface area (Å²) < 4.78 is 5.19. The number of methoxy groups -OCH3 is 1. The van der Waals surface area contributed by atoms with E-state index in [1.165, 1.54) is 35.8 Å². The molecule has 0 saturated carbocycles. The average molecular weight is 280 g/mol. The quantitative estimate of drug-likeness (QED) is 0.842. The number of pyridine rings is 1. The van der Waals surface area contributed by atoms with Gasteiger partial charge in [-0.25, -0.2) is 4.98 Å². The van der Waals surface area contributed by atoms with Crippen LogP contribution in [0.15, 0.2) is 36.4 Å². The minimum Gasteiger partial charge on any atom is -0.481 e. The largest absolute Gasteiger partial charge is 0.481 e. The molecule has 0 aliphatic carbocycles. The van der Waals surface area contributed by atoms with Gasteiger partial charge in [-0.05, 0) is 55.6 Å². The highest BCUT2D eigenvalue weighted by Gasteiger charge is 2.33. The topological polar surface area (TPSA) is 25.4 Å². The summed E-state index contributed by atoms with van der Waals surface area (Å²) in [6.07, 6.45) is 6.26. The first-order chi connectivity index (χ1) is 10.2. The molecule has 2 aliphatic rings. The molecule has 2 aromatic rings. The van der Waals surface area contributed by atoms with Crippen molar-refractivity contribution in [3.63, 3.8) is 0 Å². The summed E-state index contributed by atoms with van der Waals surface area (Å²) in [7, 11) is 3.91. The molecule has 2 bridgehead atoms. The van der Waals surface area contributed by atoms with Crippen LogP contribution in [0.4, 0.5) is 0 Å². The van der Waals surface area contributed by atoms with Gasteiger partial charge in [0.15, 0.2) is 0 Å². The van der Waals surface area contributed by atoms with Crippen LogP contribution in [0.3, 0.4) is 0 Å². The summed E-state index contributed by atoms with van der Waals surface area (Å²) in [5, 5.41) is 1.18. The minimum absolute atomic E-state index is 0.628. The van der Waals surface area contributed by atoms with Crippen molar-refractivity contribution in [2.24, 2.45) is 0 Å². The molecule has 3 heteroatoms. The van der Waals surface area contributed by atoms with Crippen LogP contribution in [0.5, 0.6) is 5.88 Å². The third-order valence-electron chi connectivity index (χ3n) is 4.99. The van der Waals surface area contributed by atoms with E-state index in [-0.39, 0.29) is 0 Å². The molecule has 3 heterocycles. The first-order valence-electron chi connectivity index (χ1n) is 7.62. The normalized spacial score (nSPS) is 25.1. The highest BCUT2D eigenvalue weighted by Crippen LogP contribution is 2.37. The van der Waals surface area contributed by atoms with E-state index >= 15 is 0 Å². The van der Waals surface area contributed by atoms with Crippen LogP contribution >= 0.6 is 0 Å². The van der Waals surface area contributed by atoms with E-state index in [1.807, 2.05) is 6.07 Å². The Labute approximate surface area is 125 Å². The van der Waals surface area contributed by atoms with Crippen molar-refractivity contribution < 1.29 is 4.74 Å². The monoisotopic (exact) mass is 280 g/mol. The summed E-state index contributed by atoms with van der Waals surface area (Å²) in [4.78, 5) is 7.01. The summed E-state index contributed by atoms with van der Waals surface area (Å²) in [5.41, 5.74) is 3.84. The number of benzene rings is 1. The molecule has 4 rings (SSSR count). The smallest absolute Gasteiger partial charge is 0.213 e. The van der Waals surface area contributed by atoms with Gasteiger partial charge in [-0.15, -0.1) is 0 Å². The fourth-order valence-electron chi connectivity index (χ4n) is 3.68. The highest BCUT2D eigenvalue weighted by molar-refractivity contribution is 5.84. The standard InChI is InChI=1S/C18H20N2O/c1-20-15-5-6-16(20)11-14(10-15)12-3-7-17-13(9-12)4-8-18(19-17)21-2/h3-4,7-10,15-16H,5-6,11H2,1-2H3. The van der Waals surface area contributed by atoms with Gasteiger partial charge in [0.25, 0.3) is 0 Å². The third-order valence-corrected chi connectivity index (χ3v) is 4.99. The first kappa shape index (κ1) is 12.8. The summed E-state index contributed by atoms with van der Waals surface area (Å²) >= 11 is 0. The van der Waals surface area contributed by atoms with E-state index < -0.39 is 0 Å². The van der Waals surface area contributed by atoms with Crippen molar-refractivity contribution in [2.45, 2.75) is 31.3 Å². The third kappa shape index (κ3) is 2.12. The predicted octanol–water partition coefficient (Wildman–Crippen LogP) is 3.49. The van der Waals surface area contributed by atoms with Gasteiger partial charge >= 0.3 is 0 Å². The van der Waals surface area contributed by atoms with Gasteiger partial charge in [0.2, 0.25) is 5.88 Å². The van der Waals surface area contributed by atoms with Crippen molar-refractivity contribution in [2.75, 3.05) is 14.2 Å². The molecule has 0 radical (unpaired) electrons. The molecule has 1 aromatic carbocycles. The molecule has 1 fully saturated rings. The van der Waals surface area contributed by atoms with Gasteiger partial charge in [0.1, 0.15) is 0 Å². The van der Waals surface area contributed by atoms with Crippen LogP contribution in [-0.2, 0) is 0 Å². The van der Waals surface area contributed by atoms with E-state index in [2.05, 4.69) is 47.3 Å². The Bertz CT molecular complexity index is 722. The van der Waals surface area contributed by atoms with Crippen molar-refractivity contribution >= 4 is 16.5 Å². The Hall–Kier alpha value is -1.87. The maximum Gasteiger partial charge on any atom is 0.213 e. The lowest BCUT2D eigenvalue weighted by Crippen LogP contribution is -2.34. The zero-order valence-electron chi connectivity index (χ0n) is 12.5. The van der Waals surface area contributed by atoms with E-state index in [0.29, 0.717) is 11.9 Å². The van der Waals surface area contributed by atoms with E-state index in [4.69, 9.17) is 4.74 Å². The van der Waals surface area contributed by atoms with Gasteiger partial charge in [-0.1, -0.05) is 12.1 Å². The Kier molecular flexibility index (Phi) is 2.96. The van der Waals surface area contributed by atoms with Crippen molar-refractivity contribution in [3.05, 3.63) is 42.0 Å². The molecule has 0 spiro atoms. The molecular weight excluding hydrogens is 260 g/mol. The van der Waals surface area contributed by atoms with Crippen molar-refractivity contribution in [3.8, 4) is 5.88 Å². The molecule has 108 valence electrons. The Balaban J connectivity index is 1.73. The van der Waals surface area contributed by atoms with Crippen LogP contribution in [-0.4, -0.2) is 36.1 Å². The van der Waals surface area contributed by atoms with Gasteiger partial charge in [0.05, 0.1) is 12.6 Å². The second-order valence-electron chi connectivity index (χ2n) is 6.12. The Morgan fingerprint density at radius 2 is 2.10 bits per heavy atom. The molecular formula is C18H20N2O. The molecule has 21 heavy (non-hydrogen) atoms. The molecule has 2 unspecified atom stereocenters. The number of aromatic nitrogens is 1. The van der Waals surface area contributed by atoms with E-state index in [9.17, 15) is 0 Å². The SMILES string of the molecule is COc1ccc2cc(C3=CC4CCC(C3)N4C)ccc2n1.